The monoisotopic (exact) mass is 292 g/mol. The van der Waals surface area contributed by atoms with Crippen LogP contribution in [-0.4, -0.2) is 49.2 Å². The molecule has 1 atom stereocenters. The largest absolute Gasteiger partial charge is 0.379 e. The average molecular weight is 292 g/mol. The van der Waals surface area contributed by atoms with Crippen LogP contribution in [0.4, 0.5) is 0 Å². The highest BCUT2D eigenvalue weighted by Gasteiger charge is 2.46. The number of amides is 1. The van der Waals surface area contributed by atoms with Crippen molar-refractivity contribution in [3.05, 3.63) is 0 Å². The van der Waals surface area contributed by atoms with Crippen molar-refractivity contribution in [2.75, 3.05) is 26.3 Å². The van der Waals surface area contributed by atoms with E-state index < -0.39 is 0 Å². The van der Waals surface area contributed by atoms with Crippen molar-refractivity contribution in [3.63, 3.8) is 0 Å². The molecule has 4 rings (SSSR count). The first-order valence-corrected chi connectivity index (χ1v) is 8.89. The van der Waals surface area contributed by atoms with Crippen LogP contribution < -0.4 is 5.32 Å². The van der Waals surface area contributed by atoms with Gasteiger partial charge in [0, 0.05) is 18.6 Å². The molecule has 4 aliphatic rings. The summed E-state index contributed by atoms with van der Waals surface area (Å²) < 4.78 is 5.69. The first-order valence-electron chi connectivity index (χ1n) is 8.89. The van der Waals surface area contributed by atoms with Crippen molar-refractivity contribution in [2.45, 2.75) is 63.5 Å². The minimum atomic E-state index is 0.253. The molecule has 0 radical (unpaired) electrons. The van der Waals surface area contributed by atoms with E-state index in [0.717, 1.165) is 38.5 Å². The maximum absolute atomic E-state index is 12.2. The third-order valence-electron chi connectivity index (χ3n) is 6.42. The van der Waals surface area contributed by atoms with E-state index in [1.165, 1.54) is 45.2 Å². The lowest BCUT2D eigenvalue weighted by molar-refractivity contribution is -0.128. The van der Waals surface area contributed by atoms with Crippen LogP contribution in [0.5, 0.6) is 0 Å². The zero-order valence-corrected chi connectivity index (χ0v) is 13.0. The van der Waals surface area contributed by atoms with Gasteiger partial charge < -0.3 is 15.0 Å². The second-order valence-electron chi connectivity index (χ2n) is 7.64. The van der Waals surface area contributed by atoms with Crippen LogP contribution >= 0.6 is 0 Å². The number of piperidine rings is 1. The van der Waals surface area contributed by atoms with E-state index in [0.29, 0.717) is 11.3 Å². The summed E-state index contributed by atoms with van der Waals surface area (Å²) in [5.74, 6) is 0.588. The van der Waals surface area contributed by atoms with Gasteiger partial charge in [0.2, 0.25) is 5.91 Å². The van der Waals surface area contributed by atoms with Crippen LogP contribution in [0.15, 0.2) is 0 Å². The zero-order chi connectivity index (χ0) is 14.3. The van der Waals surface area contributed by atoms with Crippen molar-refractivity contribution in [1.29, 1.82) is 0 Å². The Morgan fingerprint density at radius 2 is 1.86 bits per heavy atom. The maximum Gasteiger partial charge on any atom is 0.223 e. The van der Waals surface area contributed by atoms with E-state index in [2.05, 4.69) is 10.2 Å². The third kappa shape index (κ3) is 2.72. The van der Waals surface area contributed by atoms with E-state index in [-0.39, 0.29) is 11.9 Å². The van der Waals surface area contributed by atoms with Crippen molar-refractivity contribution in [3.8, 4) is 0 Å². The molecule has 2 aliphatic heterocycles. The number of hydrogen-bond donors (Lipinski definition) is 1. The first-order chi connectivity index (χ1) is 10.3. The van der Waals surface area contributed by atoms with Crippen molar-refractivity contribution in [2.24, 2.45) is 11.3 Å². The van der Waals surface area contributed by atoms with Gasteiger partial charge in [-0.05, 0) is 63.5 Å². The van der Waals surface area contributed by atoms with Gasteiger partial charge in [0.05, 0.1) is 12.6 Å². The normalized spacial score (nSPS) is 33.6. The fourth-order valence-electron chi connectivity index (χ4n) is 4.34. The average Bonchev–Trinajstić information content (AvgIpc) is 3.27. The van der Waals surface area contributed by atoms with E-state index >= 15 is 0 Å². The minimum absolute atomic E-state index is 0.253. The molecule has 4 heteroatoms. The summed E-state index contributed by atoms with van der Waals surface area (Å²) in [5.41, 5.74) is 0.309. The summed E-state index contributed by atoms with van der Waals surface area (Å²) in [5, 5.41) is 3.33. The van der Waals surface area contributed by atoms with Gasteiger partial charge >= 0.3 is 0 Å². The Kier molecular flexibility index (Phi) is 3.70. The Bertz CT molecular complexity index is 396. The standard InChI is InChI=1S/C17H28N2O2/c20-16(13-4-5-13)18-15-12-21-11-8-17(15)6-9-19(10-7-17)14-2-1-3-14/h13-15H,1-12H2,(H,18,20). The molecule has 2 saturated heterocycles. The Balaban J connectivity index is 1.39. The smallest absolute Gasteiger partial charge is 0.223 e. The molecular weight excluding hydrogens is 264 g/mol. The lowest BCUT2D eigenvalue weighted by Gasteiger charge is -2.51. The van der Waals surface area contributed by atoms with Gasteiger partial charge in [-0.1, -0.05) is 6.42 Å². The van der Waals surface area contributed by atoms with Crippen molar-refractivity contribution >= 4 is 5.91 Å². The zero-order valence-electron chi connectivity index (χ0n) is 13.0. The Morgan fingerprint density at radius 3 is 2.48 bits per heavy atom. The lowest BCUT2D eigenvalue weighted by Crippen LogP contribution is -2.59. The first kappa shape index (κ1) is 14.0. The molecule has 1 unspecified atom stereocenters. The predicted octanol–water partition coefficient (Wildman–Crippen LogP) is 1.94. The number of likely N-dealkylation sites (tertiary alicyclic amines) is 1. The van der Waals surface area contributed by atoms with Crippen LogP contribution in [-0.2, 0) is 9.53 Å². The molecular formula is C17H28N2O2. The van der Waals surface area contributed by atoms with E-state index in [1.807, 2.05) is 0 Å². The SMILES string of the molecule is O=C(NC1COCCC12CCN(C1CCC1)CC2)C1CC1. The molecule has 4 fully saturated rings. The van der Waals surface area contributed by atoms with Gasteiger partial charge in [-0.15, -0.1) is 0 Å². The molecule has 2 heterocycles. The highest BCUT2D eigenvalue weighted by Crippen LogP contribution is 2.43. The van der Waals surface area contributed by atoms with Crippen LogP contribution in [0.1, 0.15) is 51.4 Å². The summed E-state index contributed by atoms with van der Waals surface area (Å²) in [6.45, 7) is 4.04. The molecule has 0 aromatic heterocycles. The van der Waals surface area contributed by atoms with Crippen LogP contribution in [0, 0.1) is 11.3 Å². The molecule has 118 valence electrons. The number of rotatable bonds is 3. The van der Waals surface area contributed by atoms with E-state index in [9.17, 15) is 4.79 Å². The molecule has 2 saturated carbocycles. The van der Waals surface area contributed by atoms with Crippen LogP contribution in [0.3, 0.4) is 0 Å². The molecule has 4 nitrogen and oxygen atoms in total. The number of nitrogens with zero attached hydrogens (tertiary/aromatic N) is 1. The van der Waals surface area contributed by atoms with Gasteiger partial charge in [-0.2, -0.15) is 0 Å². The number of carbonyl (C=O) groups excluding carboxylic acids is 1. The second-order valence-corrected chi connectivity index (χ2v) is 7.64. The van der Waals surface area contributed by atoms with Crippen LogP contribution in [0.25, 0.3) is 0 Å². The summed E-state index contributed by atoms with van der Waals surface area (Å²) in [7, 11) is 0. The number of hydrogen-bond acceptors (Lipinski definition) is 3. The van der Waals surface area contributed by atoms with E-state index in [1.54, 1.807) is 0 Å². The molecule has 1 spiro atoms. The lowest BCUT2D eigenvalue weighted by atomic mass is 9.68. The fourth-order valence-corrected chi connectivity index (χ4v) is 4.34. The van der Waals surface area contributed by atoms with Crippen molar-refractivity contribution < 1.29 is 9.53 Å². The number of ether oxygens (including phenoxy) is 1. The van der Waals surface area contributed by atoms with E-state index in [4.69, 9.17) is 4.74 Å². The second kappa shape index (κ2) is 5.54. The van der Waals surface area contributed by atoms with Gasteiger partial charge in [-0.3, -0.25) is 4.79 Å². The Labute approximate surface area is 127 Å². The number of carbonyl (C=O) groups is 1. The molecule has 0 aromatic rings. The fraction of sp³-hybridized carbons (Fsp3) is 0.941. The topological polar surface area (TPSA) is 41.6 Å². The maximum atomic E-state index is 12.2. The third-order valence-corrected chi connectivity index (χ3v) is 6.42. The molecule has 1 amide bonds. The molecule has 0 aromatic carbocycles. The molecule has 1 N–H and O–H groups in total. The van der Waals surface area contributed by atoms with Gasteiger partial charge in [-0.25, -0.2) is 0 Å². The summed E-state index contributed by atoms with van der Waals surface area (Å²) in [6.07, 6.45) is 9.99. The van der Waals surface area contributed by atoms with Gasteiger partial charge in [0.15, 0.2) is 0 Å². The molecule has 2 aliphatic carbocycles. The van der Waals surface area contributed by atoms with Gasteiger partial charge in [0.1, 0.15) is 0 Å². The highest BCUT2D eigenvalue weighted by molar-refractivity contribution is 5.81. The Morgan fingerprint density at radius 1 is 1.10 bits per heavy atom. The van der Waals surface area contributed by atoms with Gasteiger partial charge in [0.25, 0.3) is 0 Å². The number of nitrogens with one attached hydrogen (secondary N) is 1. The predicted molar refractivity (Wildman–Crippen MR) is 81.0 cm³/mol. The van der Waals surface area contributed by atoms with Crippen LogP contribution in [0.2, 0.25) is 0 Å². The molecule has 0 bridgehead atoms. The molecule has 21 heavy (non-hydrogen) atoms. The minimum Gasteiger partial charge on any atom is -0.379 e. The van der Waals surface area contributed by atoms with Crippen molar-refractivity contribution in [1.82, 2.24) is 10.2 Å². The summed E-state index contributed by atoms with van der Waals surface area (Å²) in [6, 6.07) is 1.12. The summed E-state index contributed by atoms with van der Waals surface area (Å²) >= 11 is 0. The Hall–Kier alpha value is -0.610. The summed E-state index contributed by atoms with van der Waals surface area (Å²) in [4.78, 5) is 14.8. The highest BCUT2D eigenvalue weighted by atomic mass is 16.5. The quantitative estimate of drug-likeness (QED) is 0.864.